The van der Waals surface area contributed by atoms with E-state index in [0.29, 0.717) is 28.3 Å². The van der Waals surface area contributed by atoms with E-state index in [9.17, 15) is 9.90 Å². The van der Waals surface area contributed by atoms with E-state index >= 15 is 0 Å². The first-order valence-electron chi connectivity index (χ1n) is 10.6. The third-order valence-electron chi connectivity index (χ3n) is 6.04. The monoisotopic (exact) mass is 432 g/mol. The van der Waals surface area contributed by atoms with Crippen LogP contribution < -0.4 is 5.63 Å². The summed E-state index contributed by atoms with van der Waals surface area (Å²) in [5.74, 6) is 0.902. The Hall–Kier alpha value is -2.96. The Bertz CT molecular complexity index is 1270. The first-order chi connectivity index (χ1) is 15.1. The van der Waals surface area contributed by atoms with Gasteiger partial charge in [-0.2, -0.15) is 0 Å². The second-order valence-corrected chi connectivity index (χ2v) is 9.15. The molecule has 0 amide bonds. The molecule has 1 aliphatic heterocycles. The molecule has 0 unspecified atom stereocenters. The van der Waals surface area contributed by atoms with Gasteiger partial charge in [-0.1, -0.05) is 37.3 Å². The maximum absolute atomic E-state index is 12.9. The Morgan fingerprint density at radius 3 is 2.71 bits per heavy atom. The zero-order valence-electron chi connectivity index (χ0n) is 17.4. The summed E-state index contributed by atoms with van der Waals surface area (Å²) in [6.07, 6.45) is 2.29. The van der Waals surface area contributed by atoms with E-state index in [4.69, 9.17) is 4.42 Å². The molecule has 3 heterocycles. The van der Waals surface area contributed by atoms with Gasteiger partial charge < -0.3 is 9.52 Å². The molecule has 0 saturated carbocycles. The highest BCUT2D eigenvalue weighted by molar-refractivity contribution is 7.13. The number of thiazole rings is 1. The molecule has 0 radical (unpaired) electrons. The van der Waals surface area contributed by atoms with Crippen LogP contribution in [0.1, 0.15) is 25.3 Å². The number of hydrogen-bond donors (Lipinski definition) is 1. The smallest absolute Gasteiger partial charge is 0.346 e. The van der Waals surface area contributed by atoms with Gasteiger partial charge in [0.25, 0.3) is 0 Å². The number of fused-ring (bicyclic) bond motifs is 1. The fourth-order valence-electron chi connectivity index (χ4n) is 4.12. The Morgan fingerprint density at radius 2 is 1.94 bits per heavy atom. The molecule has 0 bridgehead atoms. The van der Waals surface area contributed by atoms with E-state index in [2.05, 4.69) is 16.8 Å². The van der Waals surface area contributed by atoms with Crippen LogP contribution in [-0.2, 0) is 6.54 Å². The summed E-state index contributed by atoms with van der Waals surface area (Å²) in [5, 5.41) is 13.9. The van der Waals surface area contributed by atoms with Crippen LogP contribution in [0, 0.1) is 5.92 Å². The van der Waals surface area contributed by atoms with Gasteiger partial charge in [-0.15, -0.1) is 11.3 Å². The molecule has 5 rings (SSSR count). The third kappa shape index (κ3) is 4.01. The minimum absolute atomic E-state index is 0.169. The van der Waals surface area contributed by atoms with Crippen LogP contribution in [0.4, 0.5) is 0 Å². The van der Waals surface area contributed by atoms with E-state index in [-0.39, 0.29) is 5.75 Å². The van der Waals surface area contributed by atoms with E-state index in [1.807, 2.05) is 41.8 Å². The van der Waals surface area contributed by atoms with Crippen LogP contribution in [0.15, 0.2) is 63.1 Å². The Balaban J connectivity index is 1.51. The number of aromatic nitrogens is 1. The standard InChI is InChI=1S/C25H24N2O3S/c1-16-9-11-27(12-10-16)14-20-22(28)8-7-18-13-19(25(29)30-23(18)20)24-26-21(15-31-24)17-5-3-2-4-6-17/h2-8,13,15-16,28H,9-12,14H2,1H3. The van der Waals surface area contributed by atoms with Crippen LogP contribution in [0.5, 0.6) is 5.75 Å². The molecule has 158 valence electrons. The maximum Gasteiger partial charge on any atom is 0.346 e. The lowest BCUT2D eigenvalue weighted by Gasteiger charge is -2.30. The Morgan fingerprint density at radius 1 is 1.16 bits per heavy atom. The van der Waals surface area contributed by atoms with Crippen molar-refractivity contribution < 1.29 is 9.52 Å². The molecule has 4 aromatic rings. The second-order valence-electron chi connectivity index (χ2n) is 8.29. The third-order valence-corrected chi connectivity index (χ3v) is 6.92. The summed E-state index contributed by atoms with van der Waals surface area (Å²) >= 11 is 1.43. The molecule has 2 aromatic heterocycles. The summed E-state index contributed by atoms with van der Waals surface area (Å²) < 4.78 is 5.76. The number of phenols is 1. The quantitative estimate of drug-likeness (QED) is 0.430. The number of rotatable bonds is 4. The normalized spacial score (nSPS) is 15.5. The van der Waals surface area contributed by atoms with Crippen molar-refractivity contribution in [3.63, 3.8) is 0 Å². The molecule has 0 atom stereocenters. The summed E-state index contributed by atoms with van der Waals surface area (Å²) in [5.41, 5.74) is 3.01. The summed E-state index contributed by atoms with van der Waals surface area (Å²) in [4.78, 5) is 19.9. The van der Waals surface area contributed by atoms with Gasteiger partial charge in [-0.05, 0) is 50.0 Å². The molecule has 0 aliphatic carbocycles. The highest BCUT2D eigenvalue weighted by atomic mass is 32.1. The molecule has 1 aliphatic rings. The van der Waals surface area contributed by atoms with Crippen molar-refractivity contribution in [2.75, 3.05) is 13.1 Å². The predicted octanol–water partition coefficient (Wildman–Crippen LogP) is 5.52. The van der Waals surface area contributed by atoms with Gasteiger partial charge in [-0.25, -0.2) is 9.78 Å². The van der Waals surface area contributed by atoms with Gasteiger partial charge in [-0.3, -0.25) is 4.90 Å². The average molecular weight is 433 g/mol. The average Bonchev–Trinajstić information content (AvgIpc) is 3.28. The second kappa shape index (κ2) is 8.29. The van der Waals surface area contributed by atoms with Gasteiger partial charge in [0.2, 0.25) is 0 Å². The SMILES string of the molecule is CC1CCN(Cc2c(O)ccc3cc(-c4nc(-c5ccccc5)cs4)c(=O)oc23)CC1. The van der Waals surface area contributed by atoms with Gasteiger partial charge in [0, 0.05) is 22.9 Å². The zero-order valence-corrected chi connectivity index (χ0v) is 18.2. The lowest BCUT2D eigenvalue weighted by molar-refractivity contribution is 0.183. The minimum atomic E-state index is -0.430. The molecule has 2 aromatic carbocycles. The van der Waals surface area contributed by atoms with E-state index < -0.39 is 5.63 Å². The van der Waals surface area contributed by atoms with Crippen molar-refractivity contribution in [2.24, 2.45) is 5.92 Å². The summed E-state index contributed by atoms with van der Waals surface area (Å²) in [7, 11) is 0. The fraction of sp³-hybridized carbons (Fsp3) is 0.280. The highest BCUT2D eigenvalue weighted by Gasteiger charge is 2.21. The molecule has 0 spiro atoms. The fourth-order valence-corrected chi connectivity index (χ4v) is 4.95. The molecule has 1 fully saturated rings. The number of hydrogen-bond acceptors (Lipinski definition) is 6. The van der Waals surface area contributed by atoms with E-state index in [1.165, 1.54) is 11.3 Å². The van der Waals surface area contributed by atoms with E-state index in [0.717, 1.165) is 48.5 Å². The van der Waals surface area contributed by atoms with Crippen LogP contribution >= 0.6 is 11.3 Å². The Kier molecular flexibility index (Phi) is 5.34. The maximum atomic E-state index is 12.9. The number of nitrogens with zero attached hydrogens (tertiary/aromatic N) is 2. The van der Waals surface area contributed by atoms with Gasteiger partial charge in [0.1, 0.15) is 16.3 Å². The van der Waals surface area contributed by atoms with Crippen LogP contribution in [0.25, 0.3) is 32.8 Å². The first-order valence-corrected chi connectivity index (χ1v) is 11.5. The van der Waals surface area contributed by atoms with Crippen LogP contribution in [0.2, 0.25) is 0 Å². The van der Waals surface area contributed by atoms with Gasteiger partial charge in [0.15, 0.2) is 0 Å². The summed E-state index contributed by atoms with van der Waals surface area (Å²) in [6.45, 7) is 4.82. The highest BCUT2D eigenvalue weighted by Crippen LogP contribution is 2.33. The Labute approximate surface area is 184 Å². The van der Waals surface area contributed by atoms with Gasteiger partial charge in [0.05, 0.1) is 16.8 Å². The lowest BCUT2D eigenvalue weighted by Crippen LogP contribution is -2.32. The number of phenolic OH excluding ortho intramolecular Hbond substituents is 1. The van der Waals surface area contributed by atoms with E-state index in [1.54, 1.807) is 12.1 Å². The summed E-state index contributed by atoms with van der Waals surface area (Å²) in [6, 6.07) is 15.2. The minimum Gasteiger partial charge on any atom is -0.507 e. The molecular formula is C25H24N2O3S. The van der Waals surface area contributed by atoms with Crippen molar-refractivity contribution in [1.82, 2.24) is 9.88 Å². The predicted molar refractivity (Wildman–Crippen MR) is 124 cm³/mol. The van der Waals surface area contributed by atoms with Crippen molar-refractivity contribution in [1.29, 1.82) is 0 Å². The molecule has 5 nitrogen and oxygen atoms in total. The molecule has 1 saturated heterocycles. The zero-order chi connectivity index (χ0) is 21.4. The number of aromatic hydroxyl groups is 1. The number of benzene rings is 2. The van der Waals surface area contributed by atoms with Gasteiger partial charge >= 0.3 is 5.63 Å². The van der Waals surface area contributed by atoms with Crippen molar-refractivity contribution in [2.45, 2.75) is 26.3 Å². The molecular weight excluding hydrogens is 408 g/mol. The number of likely N-dealkylation sites (tertiary alicyclic amines) is 1. The topological polar surface area (TPSA) is 66.6 Å². The molecule has 1 N–H and O–H groups in total. The molecule has 6 heteroatoms. The van der Waals surface area contributed by atoms with Crippen molar-refractivity contribution >= 4 is 22.3 Å². The lowest BCUT2D eigenvalue weighted by atomic mass is 9.98. The first kappa shape index (κ1) is 20.0. The number of piperidine rings is 1. The van der Waals surface area contributed by atoms with Crippen molar-refractivity contribution in [3.05, 3.63) is 69.9 Å². The molecule has 31 heavy (non-hydrogen) atoms. The van der Waals surface area contributed by atoms with Crippen LogP contribution in [0.3, 0.4) is 0 Å². The van der Waals surface area contributed by atoms with Crippen LogP contribution in [-0.4, -0.2) is 28.1 Å². The largest absolute Gasteiger partial charge is 0.507 e. The van der Waals surface area contributed by atoms with Crippen molar-refractivity contribution in [3.8, 4) is 27.6 Å².